The predicted molar refractivity (Wildman–Crippen MR) is 113 cm³/mol. The van der Waals surface area contributed by atoms with Crippen LogP contribution in [-0.2, 0) is 10.2 Å². The summed E-state index contributed by atoms with van der Waals surface area (Å²) in [6.07, 6.45) is 0.954. The van der Waals surface area contributed by atoms with Crippen LogP contribution in [0.3, 0.4) is 0 Å². The average Bonchev–Trinajstić information content (AvgIpc) is 2.69. The Morgan fingerprint density at radius 3 is 2.55 bits per heavy atom. The first-order valence-electron chi connectivity index (χ1n) is 10.4. The largest absolute Gasteiger partial charge is 0.508 e. The number of hydrogen-bond donors (Lipinski definition) is 2. The summed E-state index contributed by atoms with van der Waals surface area (Å²) in [5, 5.41) is 19.5. The molecule has 5 heteroatoms. The number of phenols is 1. The van der Waals surface area contributed by atoms with E-state index in [9.17, 15) is 15.0 Å². The van der Waals surface area contributed by atoms with E-state index in [1.807, 2.05) is 30.3 Å². The molecule has 2 heterocycles. The lowest BCUT2D eigenvalue weighted by Gasteiger charge is -2.55. The van der Waals surface area contributed by atoms with E-state index in [0.29, 0.717) is 17.7 Å². The van der Waals surface area contributed by atoms with Crippen molar-refractivity contribution in [2.45, 2.75) is 37.8 Å². The van der Waals surface area contributed by atoms with Crippen LogP contribution in [0, 0.1) is 5.92 Å². The highest BCUT2D eigenvalue weighted by molar-refractivity contribution is 5.69. The summed E-state index contributed by atoms with van der Waals surface area (Å²) >= 11 is 0. The molecule has 2 aromatic carbocycles. The van der Waals surface area contributed by atoms with Gasteiger partial charge in [0, 0.05) is 31.7 Å². The molecule has 2 aromatic rings. The van der Waals surface area contributed by atoms with Gasteiger partial charge in [-0.05, 0) is 41.0 Å². The van der Waals surface area contributed by atoms with Gasteiger partial charge in [0.05, 0.1) is 6.54 Å². The van der Waals surface area contributed by atoms with Crippen LogP contribution in [0.2, 0.25) is 0 Å². The fourth-order valence-electron chi connectivity index (χ4n) is 5.26. The number of aliphatic carboxylic acids is 1. The normalized spacial score (nSPS) is 30.6. The first-order valence-corrected chi connectivity index (χ1v) is 10.4. The van der Waals surface area contributed by atoms with E-state index in [0.717, 1.165) is 26.1 Å². The van der Waals surface area contributed by atoms with Crippen molar-refractivity contribution in [2.75, 3.05) is 26.2 Å². The molecule has 2 N–H and O–H groups in total. The number of carbonyl (C=O) groups is 1. The molecule has 0 bridgehead atoms. The van der Waals surface area contributed by atoms with Crippen LogP contribution in [0.4, 0.5) is 0 Å². The van der Waals surface area contributed by atoms with Gasteiger partial charge in [-0.25, -0.2) is 0 Å². The van der Waals surface area contributed by atoms with Gasteiger partial charge in [0.2, 0.25) is 0 Å². The second-order valence-electron chi connectivity index (χ2n) is 8.93. The van der Waals surface area contributed by atoms with Crippen LogP contribution in [-0.4, -0.2) is 58.2 Å². The number of benzene rings is 2. The predicted octanol–water partition coefficient (Wildman–Crippen LogP) is 3.50. The molecular weight excluding hydrogens is 364 g/mol. The molecule has 2 aliphatic rings. The van der Waals surface area contributed by atoms with Crippen molar-refractivity contribution in [2.24, 2.45) is 5.92 Å². The average molecular weight is 395 g/mol. The summed E-state index contributed by atoms with van der Waals surface area (Å²) in [6, 6.07) is 18.3. The number of hydrogen-bond acceptors (Lipinski definition) is 4. The Balaban J connectivity index is 1.61. The van der Waals surface area contributed by atoms with Gasteiger partial charge in [0.25, 0.3) is 0 Å². The summed E-state index contributed by atoms with van der Waals surface area (Å²) in [5.74, 6) is -0.0408. The van der Waals surface area contributed by atoms with Gasteiger partial charge >= 0.3 is 5.97 Å². The van der Waals surface area contributed by atoms with Crippen molar-refractivity contribution in [3.63, 3.8) is 0 Å². The fourth-order valence-corrected chi connectivity index (χ4v) is 5.26. The number of phenolic OH excluding ortho intramolecular Hbond substituents is 1. The Kier molecular flexibility index (Phi) is 5.36. The Morgan fingerprint density at radius 2 is 1.86 bits per heavy atom. The lowest BCUT2D eigenvalue weighted by Crippen LogP contribution is -2.62. The molecule has 2 fully saturated rings. The molecule has 0 amide bonds. The standard InChI is InChI=1S/C24H30N2O3/c1-17-13-25-15-22(18-7-4-3-5-8-18)26(16-23(28)29)14-20(25)12-24(17,2)19-9-6-10-21(27)11-19/h3-11,17,20,22,27H,12-16H2,1-2H3,(H,28,29)/t17-,20+,22+,24+/m0/s1. The number of aromatic hydroxyl groups is 1. The highest BCUT2D eigenvalue weighted by atomic mass is 16.4. The van der Waals surface area contributed by atoms with Crippen LogP contribution in [0.25, 0.3) is 0 Å². The van der Waals surface area contributed by atoms with Crippen LogP contribution in [0.1, 0.15) is 37.4 Å². The first kappa shape index (κ1) is 19.9. The molecule has 0 radical (unpaired) electrons. The van der Waals surface area contributed by atoms with Crippen molar-refractivity contribution in [3.05, 3.63) is 65.7 Å². The molecule has 0 aliphatic carbocycles. The van der Waals surface area contributed by atoms with Gasteiger partial charge in [0.15, 0.2) is 0 Å². The third kappa shape index (κ3) is 3.89. The first-order chi connectivity index (χ1) is 13.9. The monoisotopic (exact) mass is 394 g/mol. The van der Waals surface area contributed by atoms with Crippen molar-refractivity contribution in [1.82, 2.24) is 9.80 Å². The molecule has 5 nitrogen and oxygen atoms in total. The SMILES string of the molecule is C[C@H]1CN2C[C@H](c3ccccc3)N(CC(=O)O)C[C@H]2C[C@@]1(C)c1cccc(O)c1. The third-order valence-electron chi connectivity index (χ3n) is 7.09. The van der Waals surface area contributed by atoms with Crippen molar-refractivity contribution in [1.29, 1.82) is 0 Å². The van der Waals surface area contributed by atoms with E-state index < -0.39 is 5.97 Å². The molecule has 154 valence electrons. The second-order valence-corrected chi connectivity index (χ2v) is 8.93. The Hall–Kier alpha value is -2.37. The maximum absolute atomic E-state index is 11.6. The zero-order chi connectivity index (χ0) is 20.6. The molecule has 0 saturated carbocycles. The van der Waals surface area contributed by atoms with Gasteiger partial charge in [-0.2, -0.15) is 0 Å². The van der Waals surface area contributed by atoms with E-state index in [2.05, 4.69) is 41.8 Å². The zero-order valence-electron chi connectivity index (χ0n) is 17.2. The van der Waals surface area contributed by atoms with Crippen LogP contribution >= 0.6 is 0 Å². The molecule has 2 saturated heterocycles. The number of carboxylic acid groups (broad SMARTS) is 1. The number of carboxylic acids is 1. The summed E-state index contributed by atoms with van der Waals surface area (Å²) in [4.78, 5) is 16.2. The van der Waals surface area contributed by atoms with Gasteiger partial charge in [0.1, 0.15) is 5.75 Å². The lowest BCUT2D eigenvalue weighted by atomic mass is 9.65. The van der Waals surface area contributed by atoms with Crippen LogP contribution in [0.5, 0.6) is 5.75 Å². The minimum atomic E-state index is -0.778. The topological polar surface area (TPSA) is 64.0 Å². The summed E-state index contributed by atoms with van der Waals surface area (Å²) in [5.41, 5.74) is 2.30. The highest BCUT2D eigenvalue weighted by Gasteiger charge is 2.46. The maximum Gasteiger partial charge on any atom is 0.317 e. The van der Waals surface area contributed by atoms with E-state index in [1.54, 1.807) is 6.07 Å². The smallest absolute Gasteiger partial charge is 0.317 e. The molecule has 0 spiro atoms. The van der Waals surface area contributed by atoms with Gasteiger partial charge < -0.3 is 10.2 Å². The van der Waals surface area contributed by atoms with Gasteiger partial charge in [-0.1, -0.05) is 56.3 Å². The van der Waals surface area contributed by atoms with Crippen molar-refractivity contribution >= 4 is 5.97 Å². The highest BCUT2D eigenvalue weighted by Crippen LogP contribution is 2.45. The summed E-state index contributed by atoms with van der Waals surface area (Å²) < 4.78 is 0. The maximum atomic E-state index is 11.6. The van der Waals surface area contributed by atoms with E-state index in [1.165, 1.54) is 11.1 Å². The number of piperidine rings is 1. The number of fused-ring (bicyclic) bond motifs is 1. The molecule has 2 aliphatic heterocycles. The Labute approximate surface area is 172 Å². The van der Waals surface area contributed by atoms with E-state index in [-0.39, 0.29) is 18.0 Å². The van der Waals surface area contributed by atoms with Crippen LogP contribution in [0.15, 0.2) is 54.6 Å². The summed E-state index contributed by atoms with van der Waals surface area (Å²) in [6.45, 7) is 7.20. The Morgan fingerprint density at radius 1 is 1.10 bits per heavy atom. The van der Waals surface area contributed by atoms with E-state index in [4.69, 9.17) is 0 Å². The minimum Gasteiger partial charge on any atom is -0.508 e. The quantitative estimate of drug-likeness (QED) is 0.831. The third-order valence-corrected chi connectivity index (χ3v) is 7.09. The number of rotatable bonds is 4. The number of piperazine rings is 1. The fraction of sp³-hybridized carbons (Fsp3) is 0.458. The molecule has 0 aromatic heterocycles. The minimum absolute atomic E-state index is 0.0472. The van der Waals surface area contributed by atoms with E-state index >= 15 is 0 Å². The lowest BCUT2D eigenvalue weighted by molar-refractivity contribution is -0.141. The number of nitrogens with zero attached hydrogens (tertiary/aromatic N) is 2. The molecule has 4 atom stereocenters. The van der Waals surface area contributed by atoms with Crippen molar-refractivity contribution < 1.29 is 15.0 Å². The second kappa shape index (κ2) is 7.81. The Bertz CT molecular complexity index is 871. The molecule has 29 heavy (non-hydrogen) atoms. The summed E-state index contributed by atoms with van der Waals surface area (Å²) in [7, 11) is 0. The zero-order valence-corrected chi connectivity index (χ0v) is 17.2. The molecule has 4 rings (SSSR count). The molecular formula is C24H30N2O3. The van der Waals surface area contributed by atoms with Crippen molar-refractivity contribution in [3.8, 4) is 5.75 Å². The van der Waals surface area contributed by atoms with Gasteiger partial charge in [-0.3, -0.25) is 14.6 Å². The molecule has 0 unspecified atom stereocenters. The van der Waals surface area contributed by atoms with Gasteiger partial charge in [-0.15, -0.1) is 0 Å². The van der Waals surface area contributed by atoms with Crippen LogP contribution < -0.4 is 0 Å².